The second kappa shape index (κ2) is 2.48. The summed E-state index contributed by atoms with van der Waals surface area (Å²) in [6.07, 6.45) is 0. The highest BCUT2D eigenvalue weighted by atomic mass is 79.9. The second-order valence-corrected chi connectivity index (χ2v) is 3.37. The number of phenols is 1. The lowest BCUT2D eigenvalue weighted by atomic mass is 10.1. The first-order chi connectivity index (χ1) is 5.68. The molecule has 1 aromatic rings. The van der Waals surface area contributed by atoms with Crippen LogP contribution in [0.2, 0.25) is 0 Å². The zero-order chi connectivity index (χ0) is 8.72. The van der Waals surface area contributed by atoms with Gasteiger partial charge in [-0.15, -0.1) is 0 Å². The number of carbonyl (C=O) groups is 1. The van der Waals surface area contributed by atoms with Gasteiger partial charge in [0, 0.05) is 10.5 Å². The van der Waals surface area contributed by atoms with Crippen molar-refractivity contribution < 1.29 is 14.6 Å². The van der Waals surface area contributed by atoms with Gasteiger partial charge in [-0.25, -0.2) is 0 Å². The van der Waals surface area contributed by atoms with Crippen LogP contribution in [-0.2, 0) is 0 Å². The summed E-state index contributed by atoms with van der Waals surface area (Å²) in [5.41, 5.74) is 0.521. The molecule has 0 bridgehead atoms. The summed E-state index contributed by atoms with van der Waals surface area (Å²) in [6.45, 7) is 0.0669. The number of fused-ring (bicyclic) bond motifs is 1. The van der Waals surface area contributed by atoms with E-state index in [9.17, 15) is 4.79 Å². The molecule has 0 saturated carbocycles. The molecule has 0 aromatic heterocycles. The van der Waals surface area contributed by atoms with Gasteiger partial charge in [-0.3, -0.25) is 4.79 Å². The van der Waals surface area contributed by atoms with E-state index in [0.29, 0.717) is 15.8 Å². The Morgan fingerprint density at radius 3 is 3.00 bits per heavy atom. The summed E-state index contributed by atoms with van der Waals surface area (Å²) < 4.78 is 5.62. The van der Waals surface area contributed by atoms with E-state index in [1.165, 1.54) is 12.1 Å². The van der Waals surface area contributed by atoms with Gasteiger partial charge >= 0.3 is 0 Å². The molecule has 3 nitrogen and oxygen atoms in total. The summed E-state index contributed by atoms with van der Waals surface area (Å²) >= 11 is 3.18. The summed E-state index contributed by atoms with van der Waals surface area (Å²) in [5.74, 6) is 0.485. The van der Waals surface area contributed by atoms with E-state index in [2.05, 4.69) is 15.9 Å². The fourth-order valence-corrected chi connectivity index (χ4v) is 1.82. The molecule has 0 aliphatic carbocycles. The molecule has 1 aromatic carbocycles. The van der Waals surface area contributed by atoms with Crippen LogP contribution in [0.1, 0.15) is 10.4 Å². The van der Waals surface area contributed by atoms with Gasteiger partial charge in [-0.2, -0.15) is 0 Å². The van der Waals surface area contributed by atoms with Crippen LogP contribution < -0.4 is 4.74 Å². The molecule has 0 amide bonds. The molecule has 2 rings (SSSR count). The summed E-state index contributed by atoms with van der Waals surface area (Å²) in [7, 11) is 0. The van der Waals surface area contributed by atoms with E-state index in [1.54, 1.807) is 0 Å². The lowest BCUT2D eigenvalue weighted by Crippen LogP contribution is -1.99. The molecule has 0 radical (unpaired) electrons. The summed E-state index contributed by atoms with van der Waals surface area (Å²) in [6, 6.07) is 2.91. The first-order valence-electron chi connectivity index (χ1n) is 3.37. The highest BCUT2D eigenvalue weighted by molar-refractivity contribution is 9.10. The average Bonchev–Trinajstić information content (AvgIpc) is 2.31. The highest BCUT2D eigenvalue weighted by Gasteiger charge is 2.24. The maximum absolute atomic E-state index is 11.2. The number of hydrogen-bond acceptors (Lipinski definition) is 3. The highest BCUT2D eigenvalue weighted by Crippen LogP contribution is 2.35. The zero-order valence-corrected chi connectivity index (χ0v) is 7.59. The first kappa shape index (κ1) is 7.61. The molecule has 1 aliphatic rings. The maximum atomic E-state index is 11.2. The standard InChI is InChI=1S/C8H5BrO3/c9-5-1-4(10)2-7-8(5)6(11)3-12-7/h1-2,10H,3H2. The molecule has 0 fully saturated rings. The van der Waals surface area contributed by atoms with Crippen LogP contribution in [-0.4, -0.2) is 17.5 Å². The molecular weight excluding hydrogens is 224 g/mol. The van der Waals surface area contributed by atoms with Crippen LogP contribution in [0, 0.1) is 0 Å². The van der Waals surface area contributed by atoms with Crippen molar-refractivity contribution in [2.24, 2.45) is 0 Å². The number of ketones is 1. The molecule has 0 unspecified atom stereocenters. The Labute approximate surface area is 77.1 Å². The quantitative estimate of drug-likeness (QED) is 0.736. The predicted molar refractivity (Wildman–Crippen MR) is 45.6 cm³/mol. The predicted octanol–water partition coefficient (Wildman–Crippen LogP) is 1.73. The third-order valence-electron chi connectivity index (χ3n) is 1.68. The van der Waals surface area contributed by atoms with E-state index in [0.717, 1.165) is 0 Å². The smallest absolute Gasteiger partial charge is 0.205 e. The number of aromatic hydroxyl groups is 1. The van der Waals surface area contributed by atoms with Crippen molar-refractivity contribution in [1.29, 1.82) is 0 Å². The van der Waals surface area contributed by atoms with Crippen LogP contribution in [0.4, 0.5) is 0 Å². The minimum absolute atomic E-state index is 0.0584. The number of benzene rings is 1. The number of Topliss-reactive ketones (excluding diaryl/α,β-unsaturated/α-hetero) is 1. The number of phenolic OH excluding ortho intramolecular Hbond substituents is 1. The molecule has 1 N–H and O–H groups in total. The fraction of sp³-hybridized carbons (Fsp3) is 0.125. The van der Waals surface area contributed by atoms with Crippen molar-refractivity contribution in [2.75, 3.05) is 6.61 Å². The number of rotatable bonds is 0. The van der Waals surface area contributed by atoms with Crippen molar-refractivity contribution in [3.63, 3.8) is 0 Å². The monoisotopic (exact) mass is 228 g/mol. The summed E-state index contributed by atoms with van der Waals surface area (Å²) in [5, 5.41) is 9.14. The van der Waals surface area contributed by atoms with Gasteiger partial charge in [-0.05, 0) is 22.0 Å². The molecule has 0 spiro atoms. The molecule has 0 atom stereocenters. The molecule has 4 heteroatoms. The van der Waals surface area contributed by atoms with Crippen LogP contribution in [0.15, 0.2) is 16.6 Å². The topological polar surface area (TPSA) is 46.5 Å². The molecule has 12 heavy (non-hydrogen) atoms. The van der Waals surface area contributed by atoms with Crippen LogP contribution in [0.5, 0.6) is 11.5 Å². The maximum Gasteiger partial charge on any atom is 0.205 e. The number of ether oxygens (including phenoxy) is 1. The molecule has 0 saturated heterocycles. The average molecular weight is 229 g/mol. The Morgan fingerprint density at radius 1 is 1.50 bits per heavy atom. The normalized spacial score (nSPS) is 14.2. The van der Waals surface area contributed by atoms with E-state index in [-0.39, 0.29) is 18.1 Å². The molecular formula is C8H5BrO3. The van der Waals surface area contributed by atoms with Gasteiger partial charge in [0.1, 0.15) is 11.5 Å². The van der Waals surface area contributed by atoms with Crippen LogP contribution >= 0.6 is 15.9 Å². The SMILES string of the molecule is O=C1COc2cc(O)cc(Br)c21. The van der Waals surface area contributed by atoms with Gasteiger partial charge < -0.3 is 9.84 Å². The van der Waals surface area contributed by atoms with Gasteiger partial charge in [0.15, 0.2) is 6.61 Å². The fourth-order valence-electron chi connectivity index (χ4n) is 1.17. The third kappa shape index (κ3) is 0.992. The van der Waals surface area contributed by atoms with E-state index in [4.69, 9.17) is 9.84 Å². The van der Waals surface area contributed by atoms with Crippen molar-refractivity contribution in [2.45, 2.75) is 0 Å². The minimum atomic E-state index is -0.0584. The number of halogens is 1. The van der Waals surface area contributed by atoms with E-state index < -0.39 is 0 Å². The molecule has 1 heterocycles. The van der Waals surface area contributed by atoms with Gasteiger partial charge in [0.05, 0.1) is 5.56 Å². The summed E-state index contributed by atoms with van der Waals surface area (Å²) in [4.78, 5) is 11.2. The van der Waals surface area contributed by atoms with Crippen molar-refractivity contribution in [3.8, 4) is 11.5 Å². The van der Waals surface area contributed by atoms with Gasteiger partial charge in [-0.1, -0.05) is 0 Å². The Balaban J connectivity index is 2.68. The lowest BCUT2D eigenvalue weighted by Gasteiger charge is -1.99. The number of hydrogen-bond donors (Lipinski definition) is 1. The Morgan fingerprint density at radius 2 is 2.25 bits per heavy atom. The number of carbonyl (C=O) groups excluding carboxylic acids is 1. The lowest BCUT2D eigenvalue weighted by molar-refractivity contribution is 0.0960. The van der Waals surface area contributed by atoms with Crippen LogP contribution in [0.3, 0.4) is 0 Å². The zero-order valence-electron chi connectivity index (χ0n) is 6.00. The Kier molecular flexibility index (Phi) is 1.58. The largest absolute Gasteiger partial charge is 0.508 e. The van der Waals surface area contributed by atoms with E-state index >= 15 is 0 Å². The minimum Gasteiger partial charge on any atom is -0.508 e. The molecule has 1 aliphatic heterocycles. The van der Waals surface area contributed by atoms with Crippen molar-refractivity contribution >= 4 is 21.7 Å². The Bertz CT molecular complexity index is 360. The second-order valence-electron chi connectivity index (χ2n) is 2.51. The van der Waals surface area contributed by atoms with Gasteiger partial charge in [0.25, 0.3) is 0 Å². The molecule has 62 valence electrons. The van der Waals surface area contributed by atoms with Crippen LogP contribution in [0.25, 0.3) is 0 Å². The van der Waals surface area contributed by atoms with E-state index in [1.807, 2.05) is 0 Å². The van der Waals surface area contributed by atoms with Gasteiger partial charge in [0.2, 0.25) is 5.78 Å². The third-order valence-corrected chi connectivity index (χ3v) is 2.30. The van der Waals surface area contributed by atoms with Crippen molar-refractivity contribution in [1.82, 2.24) is 0 Å². The van der Waals surface area contributed by atoms with Crippen molar-refractivity contribution in [3.05, 3.63) is 22.2 Å². The Hall–Kier alpha value is -1.03. The first-order valence-corrected chi connectivity index (χ1v) is 4.16.